The van der Waals surface area contributed by atoms with Gasteiger partial charge in [-0.1, -0.05) is 60.3 Å². The van der Waals surface area contributed by atoms with Crippen molar-refractivity contribution < 1.29 is 9.59 Å². The molecule has 2 aromatic carbocycles. The largest absolute Gasteiger partial charge is 0.326 e. The van der Waals surface area contributed by atoms with E-state index in [1.165, 1.54) is 11.8 Å². The van der Waals surface area contributed by atoms with E-state index in [4.69, 9.17) is 0 Å². The Hall–Kier alpha value is -2.60. The number of thioether (sulfide) groups is 1. The fraction of sp³-hybridized carbons (Fsp3) is 0.211. The Morgan fingerprint density at radius 3 is 2.48 bits per heavy atom. The SMILES string of the molecule is C[C@@H](N=C1NC(=O)[C@H](CC(=O)Nc2ccccc2)S1)c1ccccc1. The molecule has 2 N–H and O–H groups in total. The summed E-state index contributed by atoms with van der Waals surface area (Å²) < 4.78 is 0. The summed E-state index contributed by atoms with van der Waals surface area (Å²) in [7, 11) is 0. The van der Waals surface area contributed by atoms with Crippen molar-refractivity contribution in [2.75, 3.05) is 5.32 Å². The predicted molar refractivity (Wildman–Crippen MR) is 102 cm³/mol. The maximum atomic E-state index is 12.1. The third kappa shape index (κ3) is 4.70. The number of benzene rings is 2. The summed E-state index contributed by atoms with van der Waals surface area (Å²) >= 11 is 1.31. The number of aliphatic imine (C=N–C) groups is 1. The maximum Gasteiger partial charge on any atom is 0.240 e. The van der Waals surface area contributed by atoms with Crippen molar-refractivity contribution >= 4 is 34.4 Å². The zero-order valence-electron chi connectivity index (χ0n) is 13.8. The molecule has 5 nitrogen and oxygen atoms in total. The monoisotopic (exact) mass is 353 g/mol. The molecule has 2 aromatic rings. The lowest BCUT2D eigenvalue weighted by molar-refractivity contribution is -0.122. The van der Waals surface area contributed by atoms with Gasteiger partial charge >= 0.3 is 0 Å². The highest BCUT2D eigenvalue weighted by Gasteiger charge is 2.32. The molecule has 25 heavy (non-hydrogen) atoms. The maximum absolute atomic E-state index is 12.1. The minimum absolute atomic E-state index is 0.0547. The lowest BCUT2D eigenvalue weighted by Gasteiger charge is -2.08. The zero-order chi connectivity index (χ0) is 17.6. The number of carbonyl (C=O) groups is 2. The third-order valence-electron chi connectivity index (χ3n) is 3.80. The van der Waals surface area contributed by atoms with E-state index in [1.54, 1.807) is 0 Å². The highest BCUT2D eigenvalue weighted by molar-refractivity contribution is 8.15. The topological polar surface area (TPSA) is 70.6 Å². The van der Waals surface area contributed by atoms with Gasteiger partial charge in [0.25, 0.3) is 0 Å². The first-order valence-electron chi connectivity index (χ1n) is 8.07. The molecule has 1 saturated heterocycles. The molecule has 128 valence electrons. The number of rotatable bonds is 5. The van der Waals surface area contributed by atoms with Gasteiger partial charge in [0.2, 0.25) is 11.8 Å². The molecule has 1 aliphatic rings. The number of nitrogens with zero attached hydrogens (tertiary/aromatic N) is 1. The summed E-state index contributed by atoms with van der Waals surface area (Å²) in [5.41, 5.74) is 1.80. The molecule has 3 rings (SSSR count). The Morgan fingerprint density at radius 1 is 1.16 bits per heavy atom. The molecule has 0 aliphatic carbocycles. The van der Waals surface area contributed by atoms with Gasteiger partial charge in [-0.25, -0.2) is 0 Å². The van der Waals surface area contributed by atoms with Gasteiger partial charge in [0.15, 0.2) is 5.17 Å². The first-order valence-corrected chi connectivity index (χ1v) is 8.95. The van der Waals surface area contributed by atoms with E-state index < -0.39 is 5.25 Å². The van der Waals surface area contributed by atoms with Crippen LogP contribution in [0.5, 0.6) is 0 Å². The highest BCUT2D eigenvalue weighted by Crippen LogP contribution is 2.26. The van der Waals surface area contributed by atoms with Gasteiger partial charge in [-0.2, -0.15) is 0 Å². The van der Waals surface area contributed by atoms with Crippen LogP contribution >= 0.6 is 11.8 Å². The summed E-state index contributed by atoms with van der Waals surface area (Å²) in [6, 6.07) is 19.0. The fourth-order valence-electron chi connectivity index (χ4n) is 2.48. The van der Waals surface area contributed by atoms with Crippen molar-refractivity contribution in [3.8, 4) is 0 Å². The van der Waals surface area contributed by atoms with Gasteiger partial charge in [0.05, 0.1) is 6.04 Å². The zero-order valence-corrected chi connectivity index (χ0v) is 14.6. The third-order valence-corrected chi connectivity index (χ3v) is 4.89. The molecule has 0 spiro atoms. The van der Waals surface area contributed by atoms with E-state index in [2.05, 4.69) is 15.6 Å². The molecule has 1 fully saturated rings. The second-order valence-corrected chi connectivity index (χ2v) is 6.93. The normalized spacial score (nSPS) is 19.5. The van der Waals surface area contributed by atoms with Crippen LogP contribution in [0.1, 0.15) is 24.9 Å². The molecule has 0 radical (unpaired) electrons. The predicted octanol–water partition coefficient (Wildman–Crippen LogP) is 3.36. The molecule has 0 unspecified atom stereocenters. The Labute approximate surface area is 150 Å². The van der Waals surface area contributed by atoms with E-state index in [9.17, 15) is 9.59 Å². The Kier molecular flexibility index (Phi) is 5.50. The van der Waals surface area contributed by atoms with E-state index in [0.29, 0.717) is 5.17 Å². The molecule has 0 saturated carbocycles. The van der Waals surface area contributed by atoms with Crippen molar-refractivity contribution in [1.82, 2.24) is 5.32 Å². The Balaban J connectivity index is 1.59. The van der Waals surface area contributed by atoms with Crippen LogP contribution < -0.4 is 10.6 Å². The van der Waals surface area contributed by atoms with Crippen molar-refractivity contribution in [2.24, 2.45) is 4.99 Å². The van der Waals surface area contributed by atoms with Gasteiger partial charge in [-0.05, 0) is 24.6 Å². The van der Waals surface area contributed by atoms with Crippen LogP contribution in [0.4, 0.5) is 5.69 Å². The molecule has 2 atom stereocenters. The molecule has 2 amide bonds. The van der Waals surface area contributed by atoms with E-state index in [0.717, 1.165) is 11.3 Å². The number of hydrogen-bond acceptors (Lipinski definition) is 4. The number of para-hydroxylation sites is 1. The van der Waals surface area contributed by atoms with Gasteiger partial charge in [0.1, 0.15) is 5.25 Å². The van der Waals surface area contributed by atoms with Crippen LogP contribution in [0.15, 0.2) is 65.7 Å². The number of amidine groups is 1. The van der Waals surface area contributed by atoms with E-state index in [1.807, 2.05) is 67.6 Å². The number of anilines is 1. The molecule has 6 heteroatoms. The average Bonchev–Trinajstić information content (AvgIpc) is 2.95. The summed E-state index contributed by atoms with van der Waals surface area (Å²) in [5, 5.41) is 5.68. The van der Waals surface area contributed by atoms with Crippen LogP contribution in [0.25, 0.3) is 0 Å². The lowest BCUT2D eigenvalue weighted by atomic mass is 10.1. The molecular weight excluding hydrogens is 334 g/mol. The van der Waals surface area contributed by atoms with Crippen LogP contribution in [0.3, 0.4) is 0 Å². The van der Waals surface area contributed by atoms with E-state index >= 15 is 0 Å². The fourth-order valence-corrected chi connectivity index (χ4v) is 3.53. The van der Waals surface area contributed by atoms with Gasteiger partial charge < -0.3 is 10.6 Å². The summed E-state index contributed by atoms with van der Waals surface area (Å²) in [6.07, 6.45) is 0.115. The van der Waals surface area contributed by atoms with Crippen molar-refractivity contribution in [3.05, 3.63) is 66.2 Å². The number of nitrogens with one attached hydrogen (secondary N) is 2. The molecule has 0 aromatic heterocycles. The molecule has 0 bridgehead atoms. The summed E-state index contributed by atoms with van der Waals surface area (Å²) in [6.45, 7) is 1.98. The standard InChI is InChI=1S/C19H19N3O2S/c1-13(14-8-4-2-5-9-14)20-19-22-18(24)16(25-19)12-17(23)21-15-10-6-3-7-11-15/h2-11,13,16H,12H2,1H3,(H,21,23)(H,20,22,24)/t13-,16+/m1/s1. The van der Waals surface area contributed by atoms with Gasteiger partial charge in [-0.3, -0.25) is 14.6 Å². The van der Waals surface area contributed by atoms with Crippen LogP contribution in [-0.2, 0) is 9.59 Å². The minimum atomic E-state index is -0.453. The number of amides is 2. The number of hydrogen-bond donors (Lipinski definition) is 2. The van der Waals surface area contributed by atoms with Crippen LogP contribution in [0, 0.1) is 0 Å². The molecule has 1 aliphatic heterocycles. The number of carbonyl (C=O) groups excluding carboxylic acids is 2. The summed E-state index contributed by atoms with van der Waals surface area (Å²) in [4.78, 5) is 28.8. The highest BCUT2D eigenvalue weighted by atomic mass is 32.2. The summed E-state index contributed by atoms with van der Waals surface area (Å²) in [5.74, 6) is -0.358. The van der Waals surface area contributed by atoms with E-state index in [-0.39, 0.29) is 24.3 Å². The molecular formula is C19H19N3O2S. The van der Waals surface area contributed by atoms with Crippen LogP contribution in [0.2, 0.25) is 0 Å². The second kappa shape index (κ2) is 7.98. The van der Waals surface area contributed by atoms with Crippen molar-refractivity contribution in [1.29, 1.82) is 0 Å². The van der Waals surface area contributed by atoms with Crippen molar-refractivity contribution in [3.63, 3.8) is 0 Å². The smallest absolute Gasteiger partial charge is 0.240 e. The first-order chi connectivity index (χ1) is 12.1. The second-order valence-electron chi connectivity index (χ2n) is 5.73. The Morgan fingerprint density at radius 2 is 1.80 bits per heavy atom. The Bertz CT molecular complexity index is 778. The minimum Gasteiger partial charge on any atom is -0.326 e. The molecule has 1 heterocycles. The van der Waals surface area contributed by atoms with Crippen molar-refractivity contribution in [2.45, 2.75) is 24.6 Å². The van der Waals surface area contributed by atoms with Gasteiger partial charge in [-0.15, -0.1) is 0 Å². The van der Waals surface area contributed by atoms with Crippen LogP contribution in [-0.4, -0.2) is 22.2 Å². The van der Waals surface area contributed by atoms with Gasteiger partial charge in [0, 0.05) is 12.1 Å². The average molecular weight is 353 g/mol. The first kappa shape index (κ1) is 17.2. The quantitative estimate of drug-likeness (QED) is 0.866. The lowest BCUT2D eigenvalue weighted by Crippen LogP contribution is -2.28.